The van der Waals surface area contributed by atoms with Gasteiger partial charge in [0, 0.05) is 16.6 Å². The molecule has 0 atom stereocenters. The highest BCUT2D eigenvalue weighted by Crippen LogP contribution is 2.31. The van der Waals surface area contributed by atoms with Crippen LogP contribution in [0.25, 0.3) is 0 Å². The molecule has 1 aliphatic carbocycles. The van der Waals surface area contributed by atoms with Gasteiger partial charge in [0.2, 0.25) is 10.0 Å². The highest BCUT2D eigenvalue weighted by molar-refractivity contribution is 7.89. The summed E-state index contributed by atoms with van der Waals surface area (Å²) in [4.78, 5) is 0.00720. The monoisotopic (exact) mass is 351 g/mol. The van der Waals surface area contributed by atoms with Gasteiger partial charge in [-0.3, -0.25) is 0 Å². The Bertz CT molecular complexity index is 590. The van der Waals surface area contributed by atoms with Gasteiger partial charge >= 0.3 is 0 Å². The van der Waals surface area contributed by atoms with Crippen molar-refractivity contribution in [3.63, 3.8) is 0 Å². The third-order valence-electron chi connectivity index (χ3n) is 3.94. The first kappa shape index (κ1) is 17.0. The van der Waals surface area contributed by atoms with E-state index in [1.807, 2.05) is 0 Å². The molecule has 0 bridgehead atoms. The van der Waals surface area contributed by atoms with Crippen molar-refractivity contribution in [3.8, 4) is 0 Å². The van der Waals surface area contributed by atoms with Gasteiger partial charge in [-0.05, 0) is 49.8 Å². The zero-order valence-corrected chi connectivity index (χ0v) is 14.1. The molecule has 1 aromatic rings. The van der Waals surface area contributed by atoms with Crippen LogP contribution in [-0.4, -0.2) is 25.7 Å². The van der Waals surface area contributed by atoms with Crippen molar-refractivity contribution in [3.05, 3.63) is 28.2 Å². The number of aliphatic hydroxyl groups is 1. The molecule has 0 saturated heterocycles. The smallest absolute Gasteiger partial charge is 0.240 e. The van der Waals surface area contributed by atoms with E-state index in [0.29, 0.717) is 18.8 Å². The van der Waals surface area contributed by atoms with Crippen molar-refractivity contribution >= 4 is 33.2 Å². The number of hydrogen-bond donors (Lipinski definition) is 2. The molecule has 1 saturated carbocycles. The van der Waals surface area contributed by atoms with Gasteiger partial charge in [0.05, 0.1) is 10.5 Å². The lowest BCUT2D eigenvalue weighted by Gasteiger charge is -2.34. The van der Waals surface area contributed by atoms with E-state index in [-0.39, 0.29) is 21.5 Å². The summed E-state index contributed by atoms with van der Waals surface area (Å²) in [7, 11) is -3.74. The molecule has 0 heterocycles. The molecule has 2 N–H and O–H groups in total. The number of benzene rings is 1. The zero-order chi connectivity index (χ0) is 15.7. The van der Waals surface area contributed by atoms with Crippen LogP contribution in [-0.2, 0) is 10.0 Å². The predicted molar refractivity (Wildman–Crippen MR) is 84.2 cm³/mol. The van der Waals surface area contributed by atoms with Crippen LogP contribution >= 0.6 is 23.2 Å². The van der Waals surface area contributed by atoms with Gasteiger partial charge in [0.1, 0.15) is 0 Å². The summed E-state index contributed by atoms with van der Waals surface area (Å²) in [5.41, 5.74) is -0.970. The van der Waals surface area contributed by atoms with E-state index in [2.05, 4.69) is 11.6 Å². The molecule has 0 spiro atoms. The molecule has 7 heteroatoms. The van der Waals surface area contributed by atoms with Gasteiger partial charge < -0.3 is 5.11 Å². The fourth-order valence-electron chi connectivity index (χ4n) is 2.47. The molecule has 0 unspecified atom stereocenters. The van der Waals surface area contributed by atoms with Crippen molar-refractivity contribution in [2.45, 2.75) is 43.1 Å². The van der Waals surface area contributed by atoms with Crippen molar-refractivity contribution in [1.29, 1.82) is 0 Å². The quantitative estimate of drug-likeness (QED) is 0.874. The fraction of sp³-hybridized carbons (Fsp3) is 0.571. The third kappa shape index (κ3) is 4.57. The van der Waals surface area contributed by atoms with Crippen LogP contribution in [0.5, 0.6) is 0 Å². The van der Waals surface area contributed by atoms with Gasteiger partial charge in [-0.15, -0.1) is 0 Å². The van der Waals surface area contributed by atoms with E-state index < -0.39 is 15.6 Å². The van der Waals surface area contributed by atoms with Gasteiger partial charge in [-0.25, -0.2) is 13.1 Å². The predicted octanol–water partition coefficient (Wildman–Crippen LogP) is 3.21. The van der Waals surface area contributed by atoms with Gasteiger partial charge in [-0.1, -0.05) is 30.1 Å². The summed E-state index contributed by atoms with van der Waals surface area (Å²) >= 11 is 11.6. The topological polar surface area (TPSA) is 66.4 Å². The Morgan fingerprint density at radius 3 is 2.29 bits per heavy atom. The van der Waals surface area contributed by atoms with Crippen molar-refractivity contribution in [2.24, 2.45) is 5.92 Å². The summed E-state index contributed by atoms with van der Waals surface area (Å²) < 4.78 is 27.0. The second-order valence-electron chi connectivity index (χ2n) is 5.84. The molecule has 1 aromatic carbocycles. The molecule has 21 heavy (non-hydrogen) atoms. The SMILES string of the molecule is CC1CCC(O)(CNS(=O)(=O)c2cc(Cl)cc(Cl)c2)CC1. The maximum atomic E-state index is 12.2. The lowest BCUT2D eigenvalue weighted by Crippen LogP contribution is -2.45. The minimum absolute atomic E-state index is 0.00614. The van der Waals surface area contributed by atoms with E-state index in [0.717, 1.165) is 12.8 Å². The van der Waals surface area contributed by atoms with E-state index in [4.69, 9.17) is 23.2 Å². The van der Waals surface area contributed by atoms with E-state index in [1.165, 1.54) is 18.2 Å². The van der Waals surface area contributed by atoms with Crippen LogP contribution in [0.3, 0.4) is 0 Å². The first-order valence-electron chi connectivity index (χ1n) is 6.88. The second-order valence-corrected chi connectivity index (χ2v) is 8.48. The van der Waals surface area contributed by atoms with E-state index in [9.17, 15) is 13.5 Å². The van der Waals surface area contributed by atoms with E-state index >= 15 is 0 Å². The molecular weight excluding hydrogens is 333 g/mol. The van der Waals surface area contributed by atoms with Crippen LogP contribution in [0.15, 0.2) is 23.1 Å². The standard InChI is InChI=1S/C14H19Cl2NO3S/c1-10-2-4-14(18,5-3-10)9-17-21(19,20)13-7-11(15)6-12(16)8-13/h6-8,10,17-18H,2-5,9H2,1H3. The molecule has 2 rings (SSSR count). The fourth-order valence-corrected chi connectivity index (χ4v) is 4.32. The lowest BCUT2D eigenvalue weighted by molar-refractivity contribution is -0.00182. The van der Waals surface area contributed by atoms with Crippen LogP contribution in [0.4, 0.5) is 0 Å². The Balaban J connectivity index is 2.07. The van der Waals surface area contributed by atoms with E-state index in [1.54, 1.807) is 0 Å². The first-order valence-corrected chi connectivity index (χ1v) is 9.12. The molecule has 118 valence electrons. The molecule has 0 amide bonds. The minimum Gasteiger partial charge on any atom is -0.389 e. The van der Waals surface area contributed by atoms with Crippen molar-refractivity contribution in [1.82, 2.24) is 4.72 Å². The Labute approximate surface area is 135 Å². The minimum atomic E-state index is -3.74. The Hall–Kier alpha value is -0.330. The maximum Gasteiger partial charge on any atom is 0.240 e. The average molecular weight is 352 g/mol. The third-order valence-corrected chi connectivity index (χ3v) is 5.76. The molecule has 0 aromatic heterocycles. The molecule has 1 fully saturated rings. The number of sulfonamides is 1. The van der Waals surface area contributed by atoms with Gasteiger partial charge in [-0.2, -0.15) is 0 Å². The molecular formula is C14H19Cl2NO3S. The summed E-state index contributed by atoms with van der Waals surface area (Å²) in [5, 5.41) is 10.9. The Kier molecular flexibility index (Phi) is 5.21. The van der Waals surface area contributed by atoms with Crippen LogP contribution < -0.4 is 4.72 Å². The largest absolute Gasteiger partial charge is 0.389 e. The zero-order valence-electron chi connectivity index (χ0n) is 11.8. The highest BCUT2D eigenvalue weighted by atomic mass is 35.5. The first-order chi connectivity index (χ1) is 9.70. The number of halogens is 2. The van der Waals surface area contributed by atoms with Gasteiger partial charge in [0.15, 0.2) is 0 Å². The normalized spacial score (nSPS) is 26.8. The Morgan fingerprint density at radius 2 is 1.76 bits per heavy atom. The van der Waals surface area contributed by atoms with Crippen LogP contribution in [0.1, 0.15) is 32.6 Å². The Morgan fingerprint density at radius 1 is 1.24 bits per heavy atom. The summed E-state index contributed by atoms with van der Waals surface area (Å²) in [6.07, 6.45) is 3.02. The second kappa shape index (κ2) is 6.42. The van der Waals surface area contributed by atoms with Crippen molar-refractivity contribution < 1.29 is 13.5 Å². The van der Waals surface area contributed by atoms with Crippen molar-refractivity contribution in [2.75, 3.05) is 6.54 Å². The molecule has 0 aliphatic heterocycles. The lowest BCUT2D eigenvalue weighted by atomic mass is 9.80. The van der Waals surface area contributed by atoms with Crippen LogP contribution in [0.2, 0.25) is 10.0 Å². The van der Waals surface area contributed by atoms with Gasteiger partial charge in [0.25, 0.3) is 0 Å². The summed E-state index contributed by atoms with van der Waals surface area (Å²) in [6.45, 7) is 2.14. The average Bonchev–Trinajstić information content (AvgIpc) is 2.40. The number of rotatable bonds is 4. The maximum absolute atomic E-state index is 12.2. The van der Waals surface area contributed by atoms with Crippen LogP contribution in [0, 0.1) is 5.92 Å². The number of nitrogens with one attached hydrogen (secondary N) is 1. The molecule has 1 aliphatic rings. The molecule has 4 nitrogen and oxygen atoms in total. The molecule has 0 radical (unpaired) electrons. The summed E-state index contributed by atoms with van der Waals surface area (Å²) in [5.74, 6) is 0.577. The highest BCUT2D eigenvalue weighted by Gasteiger charge is 2.33. The summed E-state index contributed by atoms with van der Waals surface area (Å²) in [6, 6.07) is 4.14. The number of hydrogen-bond acceptors (Lipinski definition) is 3.